The molecule has 0 atom stereocenters. The van der Waals surface area contributed by atoms with Gasteiger partial charge in [0.05, 0.1) is 11.3 Å². The van der Waals surface area contributed by atoms with Gasteiger partial charge in [0.25, 0.3) is 0 Å². The van der Waals surface area contributed by atoms with Gasteiger partial charge in [0.1, 0.15) is 5.84 Å². The van der Waals surface area contributed by atoms with Gasteiger partial charge in [-0.3, -0.25) is 10.1 Å². The zero-order valence-electron chi connectivity index (χ0n) is 8.55. The zero-order chi connectivity index (χ0) is 10.2. The Bertz CT molecular complexity index is 330. The number of nitrogens with one attached hydrogen (secondary N) is 1. The first-order valence-corrected chi connectivity index (χ1v) is 4.21. The lowest BCUT2D eigenvalue weighted by Crippen LogP contribution is -2.20. The fourth-order valence-electron chi connectivity index (χ4n) is 1.24. The van der Waals surface area contributed by atoms with Crippen LogP contribution in [0.3, 0.4) is 0 Å². The Morgan fingerprint density at radius 1 is 1.54 bits per heavy atom. The molecule has 0 aliphatic heterocycles. The van der Waals surface area contributed by atoms with Crippen molar-refractivity contribution in [2.24, 2.45) is 12.8 Å². The summed E-state index contributed by atoms with van der Waals surface area (Å²) < 4.78 is 1.69. The molecule has 0 unspecified atom stereocenters. The van der Waals surface area contributed by atoms with E-state index in [0.29, 0.717) is 0 Å². The van der Waals surface area contributed by atoms with Crippen molar-refractivity contribution in [1.82, 2.24) is 9.78 Å². The van der Waals surface area contributed by atoms with E-state index in [1.54, 1.807) is 10.9 Å². The van der Waals surface area contributed by atoms with E-state index >= 15 is 0 Å². The van der Waals surface area contributed by atoms with Crippen LogP contribution in [0.4, 0.5) is 0 Å². The highest BCUT2D eigenvalue weighted by atomic mass is 15.3. The quantitative estimate of drug-likeness (QED) is 0.500. The van der Waals surface area contributed by atoms with Crippen LogP contribution in [-0.2, 0) is 12.5 Å². The maximum atomic E-state index is 7.39. The second-order valence-corrected chi connectivity index (χ2v) is 4.23. The van der Waals surface area contributed by atoms with Crippen molar-refractivity contribution in [3.8, 4) is 0 Å². The minimum atomic E-state index is -0.0672. The Balaban J connectivity index is 3.28. The smallest absolute Gasteiger partial charge is 0.126 e. The lowest BCUT2D eigenvalue weighted by Gasteiger charge is -2.16. The number of nitrogens with two attached hydrogens (primary N) is 1. The summed E-state index contributed by atoms with van der Waals surface area (Å²) in [6.45, 7) is 6.17. The fourth-order valence-corrected chi connectivity index (χ4v) is 1.24. The maximum Gasteiger partial charge on any atom is 0.126 e. The van der Waals surface area contributed by atoms with Gasteiger partial charge in [0.15, 0.2) is 0 Å². The van der Waals surface area contributed by atoms with Gasteiger partial charge in [-0.25, -0.2) is 0 Å². The Kier molecular flexibility index (Phi) is 2.15. The molecule has 1 rings (SSSR count). The molecule has 0 aliphatic carbocycles. The van der Waals surface area contributed by atoms with E-state index in [2.05, 4.69) is 25.9 Å². The molecule has 0 saturated heterocycles. The molecule has 1 heterocycles. The summed E-state index contributed by atoms with van der Waals surface area (Å²) in [5, 5.41) is 11.7. The number of hydrogen-bond donors (Lipinski definition) is 2. The van der Waals surface area contributed by atoms with Crippen molar-refractivity contribution >= 4 is 5.84 Å². The predicted octanol–water partition coefficient (Wildman–Crippen LogP) is 1.00. The fraction of sp³-hybridized carbons (Fsp3) is 0.556. The summed E-state index contributed by atoms with van der Waals surface area (Å²) in [6, 6.07) is 0. The van der Waals surface area contributed by atoms with Gasteiger partial charge in [0, 0.05) is 18.7 Å². The van der Waals surface area contributed by atoms with Gasteiger partial charge in [-0.15, -0.1) is 0 Å². The predicted molar refractivity (Wildman–Crippen MR) is 52.9 cm³/mol. The highest BCUT2D eigenvalue weighted by molar-refractivity contribution is 5.96. The maximum absolute atomic E-state index is 7.39. The second kappa shape index (κ2) is 2.87. The number of rotatable bonds is 1. The molecule has 4 nitrogen and oxygen atoms in total. The van der Waals surface area contributed by atoms with E-state index < -0.39 is 0 Å². The molecule has 1 aromatic rings. The molecule has 13 heavy (non-hydrogen) atoms. The molecule has 0 saturated carbocycles. The van der Waals surface area contributed by atoms with Gasteiger partial charge < -0.3 is 5.73 Å². The third-order valence-electron chi connectivity index (χ3n) is 1.83. The Morgan fingerprint density at radius 3 is 2.38 bits per heavy atom. The molecule has 0 fully saturated rings. The zero-order valence-corrected chi connectivity index (χ0v) is 8.55. The first kappa shape index (κ1) is 9.77. The largest absolute Gasteiger partial charge is 0.384 e. The van der Waals surface area contributed by atoms with Crippen LogP contribution in [0.2, 0.25) is 0 Å². The van der Waals surface area contributed by atoms with Gasteiger partial charge in [-0.05, 0) is 0 Å². The molecule has 0 amide bonds. The monoisotopic (exact) mass is 180 g/mol. The van der Waals surface area contributed by atoms with Crippen molar-refractivity contribution in [3.05, 3.63) is 17.5 Å². The molecule has 3 N–H and O–H groups in total. The van der Waals surface area contributed by atoms with Gasteiger partial charge >= 0.3 is 0 Å². The summed E-state index contributed by atoms with van der Waals surface area (Å²) in [4.78, 5) is 0. The molecular formula is C9H16N4. The highest BCUT2D eigenvalue weighted by Gasteiger charge is 2.22. The van der Waals surface area contributed by atoms with Crippen LogP contribution in [0, 0.1) is 5.41 Å². The van der Waals surface area contributed by atoms with Crippen molar-refractivity contribution in [3.63, 3.8) is 0 Å². The topological polar surface area (TPSA) is 67.7 Å². The Labute approximate surface area is 78.3 Å². The molecule has 0 bridgehead atoms. The minimum absolute atomic E-state index is 0.0672. The van der Waals surface area contributed by atoms with Gasteiger partial charge in [-0.1, -0.05) is 20.8 Å². The normalized spacial score (nSPS) is 11.7. The summed E-state index contributed by atoms with van der Waals surface area (Å²) in [6.07, 6.45) is 1.78. The molecule has 0 aromatic carbocycles. The molecule has 72 valence electrons. The van der Waals surface area contributed by atoms with Crippen LogP contribution in [-0.4, -0.2) is 15.6 Å². The molecular weight excluding hydrogens is 164 g/mol. The lowest BCUT2D eigenvalue weighted by atomic mass is 9.89. The average molecular weight is 180 g/mol. The number of amidine groups is 1. The van der Waals surface area contributed by atoms with Crippen molar-refractivity contribution in [2.75, 3.05) is 0 Å². The van der Waals surface area contributed by atoms with Crippen LogP contribution >= 0.6 is 0 Å². The number of nitrogens with zero attached hydrogens (tertiary/aromatic N) is 2. The number of aryl methyl sites for hydroxylation is 1. The first-order chi connectivity index (χ1) is 5.82. The summed E-state index contributed by atoms with van der Waals surface area (Å²) in [5.74, 6) is 0.0815. The van der Waals surface area contributed by atoms with E-state index in [1.165, 1.54) is 0 Å². The van der Waals surface area contributed by atoms with Crippen LogP contribution in [0.1, 0.15) is 32.0 Å². The first-order valence-electron chi connectivity index (χ1n) is 4.21. The SMILES string of the molecule is Cn1cc(C(=N)N)c(C(C)(C)C)n1. The van der Waals surface area contributed by atoms with Crippen molar-refractivity contribution < 1.29 is 0 Å². The van der Waals surface area contributed by atoms with Gasteiger partial charge in [0.2, 0.25) is 0 Å². The summed E-state index contributed by atoms with van der Waals surface area (Å²) >= 11 is 0. The lowest BCUT2D eigenvalue weighted by molar-refractivity contribution is 0.552. The van der Waals surface area contributed by atoms with Gasteiger partial charge in [-0.2, -0.15) is 5.10 Å². The van der Waals surface area contributed by atoms with E-state index in [4.69, 9.17) is 11.1 Å². The molecule has 0 spiro atoms. The number of hydrogen-bond acceptors (Lipinski definition) is 2. The second-order valence-electron chi connectivity index (χ2n) is 4.23. The van der Waals surface area contributed by atoms with Crippen molar-refractivity contribution in [2.45, 2.75) is 26.2 Å². The van der Waals surface area contributed by atoms with E-state index in [0.717, 1.165) is 11.3 Å². The molecule has 0 aliphatic rings. The van der Waals surface area contributed by atoms with Crippen LogP contribution in [0.25, 0.3) is 0 Å². The summed E-state index contributed by atoms with van der Waals surface area (Å²) in [7, 11) is 1.84. The highest BCUT2D eigenvalue weighted by Crippen LogP contribution is 2.23. The number of aromatic nitrogens is 2. The Morgan fingerprint density at radius 2 is 2.08 bits per heavy atom. The third-order valence-corrected chi connectivity index (χ3v) is 1.83. The molecule has 0 radical (unpaired) electrons. The van der Waals surface area contributed by atoms with E-state index in [9.17, 15) is 0 Å². The van der Waals surface area contributed by atoms with Crippen LogP contribution in [0.15, 0.2) is 6.20 Å². The van der Waals surface area contributed by atoms with E-state index in [-0.39, 0.29) is 11.3 Å². The molecule has 4 heteroatoms. The third kappa shape index (κ3) is 1.88. The van der Waals surface area contributed by atoms with E-state index in [1.807, 2.05) is 7.05 Å². The van der Waals surface area contributed by atoms with Crippen molar-refractivity contribution in [1.29, 1.82) is 5.41 Å². The van der Waals surface area contributed by atoms with Crippen LogP contribution < -0.4 is 5.73 Å². The standard InChI is InChI=1S/C9H16N4/c1-9(2,3)7-6(8(10)11)5-13(4)12-7/h5H,1-4H3,(H3,10,11). The average Bonchev–Trinajstić information content (AvgIpc) is 2.29. The van der Waals surface area contributed by atoms with Crippen LogP contribution in [0.5, 0.6) is 0 Å². The Hall–Kier alpha value is -1.32. The summed E-state index contributed by atoms with van der Waals surface area (Å²) in [5.41, 5.74) is 7.00. The number of nitrogen functional groups attached to an aromatic ring is 1. The minimum Gasteiger partial charge on any atom is -0.384 e. The molecule has 1 aromatic heterocycles.